The Kier molecular flexibility index (Phi) is 7.45. The summed E-state index contributed by atoms with van der Waals surface area (Å²) in [6.07, 6.45) is -4.41. The van der Waals surface area contributed by atoms with E-state index in [-0.39, 0.29) is 11.8 Å². The number of anilines is 1. The molecule has 0 radical (unpaired) electrons. The van der Waals surface area contributed by atoms with Crippen molar-refractivity contribution in [1.82, 2.24) is 9.80 Å². The van der Waals surface area contributed by atoms with Crippen LogP contribution in [0.2, 0.25) is 0 Å². The van der Waals surface area contributed by atoms with Crippen molar-refractivity contribution < 1.29 is 27.5 Å². The van der Waals surface area contributed by atoms with Crippen molar-refractivity contribution in [3.05, 3.63) is 87.6 Å². The van der Waals surface area contributed by atoms with Crippen molar-refractivity contribution in [3.8, 4) is 0 Å². The molecule has 2 aromatic carbocycles. The average molecular weight is 544 g/mol. The molecule has 0 bridgehead atoms. The largest absolute Gasteiger partial charge is 0.416 e. The zero-order valence-corrected chi connectivity index (χ0v) is 21.7. The number of benzene rings is 2. The first-order chi connectivity index (χ1) is 18.3. The second-order valence-electron chi connectivity index (χ2n) is 9.38. The molecule has 6 nitrogen and oxygen atoms in total. The van der Waals surface area contributed by atoms with Crippen LogP contribution in [-0.4, -0.2) is 68.1 Å². The van der Waals surface area contributed by atoms with Gasteiger partial charge in [0.1, 0.15) is 0 Å². The van der Waals surface area contributed by atoms with Crippen molar-refractivity contribution in [1.29, 1.82) is 0 Å². The highest BCUT2D eigenvalue weighted by Gasteiger charge is 2.46. The van der Waals surface area contributed by atoms with E-state index in [0.29, 0.717) is 56.1 Å². The second kappa shape index (κ2) is 10.8. The Morgan fingerprint density at radius 1 is 1.03 bits per heavy atom. The summed E-state index contributed by atoms with van der Waals surface area (Å²) in [7, 11) is 1.58. The predicted octanol–water partition coefficient (Wildman–Crippen LogP) is 5.04. The van der Waals surface area contributed by atoms with Gasteiger partial charge in [0.05, 0.1) is 24.1 Å². The number of hydrogen-bond acceptors (Lipinski definition) is 5. The van der Waals surface area contributed by atoms with Crippen LogP contribution in [0.15, 0.2) is 66.0 Å². The molecule has 2 aliphatic heterocycles. The van der Waals surface area contributed by atoms with Gasteiger partial charge in [0, 0.05) is 56.0 Å². The highest BCUT2D eigenvalue weighted by Crippen LogP contribution is 2.45. The molecule has 2 amide bonds. The van der Waals surface area contributed by atoms with E-state index in [2.05, 4.69) is 0 Å². The highest BCUT2D eigenvalue weighted by atomic mass is 32.1. The van der Waals surface area contributed by atoms with Crippen molar-refractivity contribution in [2.45, 2.75) is 18.1 Å². The molecule has 2 aliphatic rings. The summed E-state index contributed by atoms with van der Waals surface area (Å²) < 4.78 is 44.9. The molecule has 0 spiro atoms. The SMILES string of the molecule is COCCN1C(=O)c2ccccc2[C@H](C(=O)N2CCN(c3cccc(C(F)(F)F)c3)CC2)[C@H]1c1cccs1. The van der Waals surface area contributed by atoms with Crippen LogP contribution in [0.5, 0.6) is 0 Å². The number of methoxy groups -OCH3 is 1. The molecule has 0 saturated carbocycles. The number of alkyl halides is 3. The van der Waals surface area contributed by atoms with Crippen molar-refractivity contribution in [2.75, 3.05) is 51.3 Å². The zero-order valence-electron chi connectivity index (χ0n) is 20.9. The Bertz CT molecular complexity index is 1290. The molecule has 2 atom stereocenters. The smallest absolute Gasteiger partial charge is 0.383 e. The predicted molar refractivity (Wildman–Crippen MR) is 139 cm³/mol. The number of carbonyl (C=O) groups is 2. The standard InChI is InChI=1S/C28H28F3N3O3S/c1-37-16-15-34-25(23-10-5-17-38-23)24(21-8-2-3-9-22(21)26(34)35)27(36)33-13-11-32(12-14-33)20-7-4-6-19(18-20)28(29,30)31/h2-10,17-18,24-25H,11-16H2,1H3/t24-,25+/m0/s1. The fourth-order valence-corrected chi connectivity index (χ4v) is 6.20. The van der Waals surface area contributed by atoms with Gasteiger partial charge in [-0.05, 0) is 41.3 Å². The molecular formula is C28H28F3N3O3S. The number of halogens is 3. The Labute approximate surface area is 223 Å². The summed E-state index contributed by atoms with van der Waals surface area (Å²) in [5.41, 5.74) is 1.02. The van der Waals surface area contributed by atoms with Crippen LogP contribution >= 0.6 is 11.3 Å². The molecule has 3 heterocycles. The van der Waals surface area contributed by atoms with Crippen molar-refractivity contribution >= 4 is 28.8 Å². The first-order valence-corrected chi connectivity index (χ1v) is 13.3. The van der Waals surface area contributed by atoms with E-state index < -0.39 is 23.7 Å². The van der Waals surface area contributed by atoms with E-state index in [0.717, 1.165) is 17.0 Å². The Hall–Kier alpha value is -3.37. The molecule has 38 heavy (non-hydrogen) atoms. The van der Waals surface area contributed by atoms with Crippen LogP contribution in [0.1, 0.15) is 38.3 Å². The number of fused-ring (bicyclic) bond motifs is 1. The third kappa shape index (κ3) is 5.02. The summed E-state index contributed by atoms with van der Waals surface area (Å²) in [6.45, 7) is 2.26. The van der Waals surface area contributed by atoms with Gasteiger partial charge in [0.2, 0.25) is 5.91 Å². The van der Waals surface area contributed by atoms with Gasteiger partial charge in [-0.3, -0.25) is 9.59 Å². The van der Waals surface area contributed by atoms with Gasteiger partial charge in [0.15, 0.2) is 0 Å². The molecule has 1 saturated heterocycles. The summed E-state index contributed by atoms with van der Waals surface area (Å²) in [4.78, 5) is 34.0. The van der Waals surface area contributed by atoms with E-state index >= 15 is 0 Å². The van der Waals surface area contributed by atoms with Crippen LogP contribution in [0.3, 0.4) is 0 Å². The van der Waals surface area contributed by atoms with Crippen LogP contribution in [0, 0.1) is 0 Å². The third-order valence-corrected chi connectivity index (χ3v) is 8.15. The molecule has 1 aromatic heterocycles. The number of amides is 2. The average Bonchev–Trinajstić information content (AvgIpc) is 3.46. The van der Waals surface area contributed by atoms with Crippen LogP contribution in [0.4, 0.5) is 18.9 Å². The third-order valence-electron chi connectivity index (χ3n) is 7.21. The summed E-state index contributed by atoms with van der Waals surface area (Å²) in [5, 5.41) is 1.93. The van der Waals surface area contributed by atoms with E-state index in [1.807, 2.05) is 34.5 Å². The number of carbonyl (C=O) groups excluding carboxylic acids is 2. The second-order valence-corrected chi connectivity index (χ2v) is 10.4. The molecule has 200 valence electrons. The Morgan fingerprint density at radius 2 is 1.79 bits per heavy atom. The Balaban J connectivity index is 1.42. The maximum absolute atomic E-state index is 14.2. The van der Waals surface area contributed by atoms with Gasteiger partial charge >= 0.3 is 6.18 Å². The van der Waals surface area contributed by atoms with Crippen LogP contribution in [0.25, 0.3) is 0 Å². The first kappa shape index (κ1) is 26.2. The lowest BCUT2D eigenvalue weighted by Gasteiger charge is -2.44. The lowest BCUT2D eigenvalue weighted by Crippen LogP contribution is -2.53. The topological polar surface area (TPSA) is 53.1 Å². The van der Waals surface area contributed by atoms with Crippen LogP contribution in [-0.2, 0) is 15.7 Å². The van der Waals surface area contributed by atoms with Gasteiger partial charge in [0.25, 0.3) is 5.91 Å². The zero-order chi connectivity index (χ0) is 26.9. The number of nitrogens with zero attached hydrogens (tertiary/aromatic N) is 3. The van der Waals surface area contributed by atoms with Gasteiger partial charge in [-0.25, -0.2) is 0 Å². The maximum Gasteiger partial charge on any atom is 0.416 e. The van der Waals surface area contributed by atoms with Gasteiger partial charge in [-0.2, -0.15) is 13.2 Å². The summed E-state index contributed by atoms with van der Waals surface area (Å²) >= 11 is 1.51. The summed E-state index contributed by atoms with van der Waals surface area (Å²) in [5.74, 6) is -0.816. The van der Waals surface area contributed by atoms with Crippen LogP contribution < -0.4 is 4.90 Å². The van der Waals surface area contributed by atoms with E-state index in [1.54, 1.807) is 35.1 Å². The molecule has 10 heteroatoms. The van der Waals surface area contributed by atoms with Gasteiger partial charge in [-0.1, -0.05) is 30.3 Å². The number of rotatable bonds is 6. The highest BCUT2D eigenvalue weighted by molar-refractivity contribution is 7.10. The minimum absolute atomic E-state index is 0.0885. The monoisotopic (exact) mass is 543 g/mol. The van der Waals surface area contributed by atoms with Crippen molar-refractivity contribution in [2.24, 2.45) is 0 Å². The normalized spacial score (nSPS) is 20.0. The quantitative estimate of drug-likeness (QED) is 0.437. The molecule has 0 unspecified atom stereocenters. The van der Waals surface area contributed by atoms with Gasteiger partial charge < -0.3 is 19.4 Å². The lowest BCUT2D eigenvalue weighted by molar-refractivity contribution is -0.137. The minimum atomic E-state index is -4.41. The summed E-state index contributed by atoms with van der Waals surface area (Å²) in [6, 6.07) is 15.9. The molecule has 5 rings (SSSR count). The fraction of sp³-hybridized carbons (Fsp3) is 0.357. The van der Waals surface area contributed by atoms with E-state index in [9.17, 15) is 22.8 Å². The Morgan fingerprint density at radius 3 is 2.47 bits per heavy atom. The molecular weight excluding hydrogens is 515 g/mol. The lowest BCUT2D eigenvalue weighted by atomic mass is 9.81. The fourth-order valence-electron chi connectivity index (χ4n) is 5.33. The molecule has 0 N–H and O–H groups in total. The maximum atomic E-state index is 14.2. The van der Waals surface area contributed by atoms with E-state index in [1.165, 1.54) is 17.4 Å². The van der Waals surface area contributed by atoms with Gasteiger partial charge in [-0.15, -0.1) is 11.3 Å². The number of ether oxygens (including phenoxy) is 1. The molecule has 1 fully saturated rings. The number of hydrogen-bond donors (Lipinski definition) is 0. The minimum Gasteiger partial charge on any atom is -0.383 e. The first-order valence-electron chi connectivity index (χ1n) is 12.4. The molecule has 3 aromatic rings. The number of thiophene rings is 1. The van der Waals surface area contributed by atoms with E-state index in [4.69, 9.17) is 4.74 Å². The number of piperazine rings is 1. The van der Waals surface area contributed by atoms with Crippen molar-refractivity contribution in [3.63, 3.8) is 0 Å². The molecule has 0 aliphatic carbocycles.